The van der Waals surface area contributed by atoms with Gasteiger partial charge in [-0.05, 0) is 30.9 Å². The summed E-state index contributed by atoms with van der Waals surface area (Å²) >= 11 is 0.923. The normalized spacial score (nSPS) is 11.7. The number of carbonyl (C=O) groups is 1. The van der Waals surface area contributed by atoms with E-state index in [1.54, 1.807) is 24.3 Å². The van der Waals surface area contributed by atoms with E-state index in [1.165, 1.54) is 6.92 Å². The summed E-state index contributed by atoms with van der Waals surface area (Å²) in [6.45, 7) is 4.75. The molecule has 98 valence electrons. The zero-order valence-electron chi connectivity index (χ0n) is 10.2. The second-order valence-corrected chi connectivity index (χ2v) is 4.78. The van der Waals surface area contributed by atoms with Crippen LogP contribution < -0.4 is 4.74 Å². The van der Waals surface area contributed by atoms with Crippen LogP contribution in [0.2, 0.25) is 0 Å². The van der Waals surface area contributed by atoms with Gasteiger partial charge in [0.2, 0.25) is 0 Å². The maximum Gasteiger partial charge on any atom is 0.184 e. The predicted molar refractivity (Wildman–Crippen MR) is 69.9 cm³/mol. The van der Waals surface area contributed by atoms with E-state index < -0.39 is 10.2 Å². The van der Waals surface area contributed by atoms with Gasteiger partial charge in [-0.1, -0.05) is 17.7 Å². The number of benzene rings is 1. The number of rotatable bonds is 6. The third-order valence-corrected chi connectivity index (χ3v) is 3.05. The Bertz CT molecular complexity index is 403. The molecule has 0 aromatic heterocycles. The van der Waals surface area contributed by atoms with Crippen molar-refractivity contribution in [1.29, 1.82) is 0 Å². The summed E-state index contributed by atoms with van der Waals surface area (Å²) in [5, 5.41) is 9.80. The zero-order valence-corrected chi connectivity index (χ0v) is 11.0. The van der Waals surface area contributed by atoms with Crippen LogP contribution in [-0.2, 0) is 4.79 Å². The van der Waals surface area contributed by atoms with Gasteiger partial charge in [-0.3, -0.25) is 14.9 Å². The molecule has 0 aliphatic heterocycles. The highest BCUT2D eigenvalue weighted by Crippen LogP contribution is 2.32. The lowest BCUT2D eigenvalue weighted by Crippen LogP contribution is -2.05. The Morgan fingerprint density at radius 3 is 2.56 bits per heavy atom. The van der Waals surface area contributed by atoms with Crippen LogP contribution in [-0.4, -0.2) is 16.6 Å². The van der Waals surface area contributed by atoms with E-state index in [2.05, 4.69) is 0 Å². The van der Waals surface area contributed by atoms with Crippen LogP contribution in [0.3, 0.4) is 0 Å². The van der Waals surface area contributed by atoms with Crippen LogP contribution in [0.1, 0.15) is 24.7 Å². The molecule has 0 aliphatic rings. The molecule has 1 atom stereocenters. The van der Waals surface area contributed by atoms with Gasteiger partial charge in [0.05, 0.1) is 6.61 Å². The van der Waals surface area contributed by atoms with Gasteiger partial charge in [-0.15, -0.1) is 16.7 Å². The molecule has 1 aromatic rings. The molecule has 0 N–H and O–H groups in total. The average Bonchev–Trinajstić information content (AvgIpc) is 2.28. The van der Waals surface area contributed by atoms with E-state index in [9.17, 15) is 14.9 Å². The predicted octanol–water partition coefficient (Wildman–Crippen LogP) is 2.84. The van der Waals surface area contributed by atoms with Gasteiger partial charge in [0, 0.05) is 6.92 Å². The lowest BCUT2D eigenvalue weighted by Gasteiger charge is -2.19. The second-order valence-electron chi connectivity index (χ2n) is 3.47. The standard InChI is InChI=1S/C12H14NO4S/c1-3-17-11-6-4-10(5-7-11)12(8-13(15)16)18-9(2)14/h4-8,12H,3H2,1-2H3/q-1. The Balaban J connectivity index is 2.83. The highest BCUT2D eigenvalue weighted by molar-refractivity contribution is 8.13. The fourth-order valence-corrected chi connectivity index (χ4v) is 2.21. The van der Waals surface area contributed by atoms with E-state index >= 15 is 0 Å². The van der Waals surface area contributed by atoms with E-state index in [4.69, 9.17) is 4.74 Å². The number of ether oxygens (including phenoxy) is 1. The first-order valence-electron chi connectivity index (χ1n) is 5.41. The van der Waals surface area contributed by atoms with Crippen LogP contribution in [0.4, 0.5) is 0 Å². The molecule has 6 heteroatoms. The molecule has 0 spiro atoms. The molecule has 18 heavy (non-hydrogen) atoms. The number of hydrogen-bond acceptors (Lipinski definition) is 5. The largest absolute Gasteiger partial charge is 0.494 e. The first kappa shape index (κ1) is 14.4. The monoisotopic (exact) mass is 268 g/mol. The maximum absolute atomic E-state index is 11.1. The Kier molecular flexibility index (Phi) is 5.51. The average molecular weight is 268 g/mol. The number of thioether (sulfide) groups is 1. The van der Waals surface area contributed by atoms with Crippen molar-refractivity contribution < 1.29 is 14.5 Å². The Hall–Kier alpha value is -1.69. The van der Waals surface area contributed by atoms with Crippen molar-refractivity contribution in [2.24, 2.45) is 0 Å². The molecule has 0 aliphatic carbocycles. The van der Waals surface area contributed by atoms with Gasteiger partial charge in [-0.25, -0.2) is 0 Å². The Labute approximate surface area is 110 Å². The lowest BCUT2D eigenvalue weighted by molar-refractivity contribution is -0.437. The molecule has 0 saturated carbocycles. The molecular formula is C12H14NO4S-. The Morgan fingerprint density at radius 1 is 1.50 bits per heavy atom. The third-order valence-electron chi connectivity index (χ3n) is 2.07. The molecule has 0 radical (unpaired) electrons. The van der Waals surface area contributed by atoms with Crippen molar-refractivity contribution in [1.82, 2.24) is 0 Å². The summed E-state index contributed by atoms with van der Waals surface area (Å²) in [5.74, 6) is 0.703. The second kappa shape index (κ2) is 6.90. The summed E-state index contributed by atoms with van der Waals surface area (Å²) in [4.78, 5) is 21.1. The smallest absolute Gasteiger partial charge is 0.184 e. The first-order chi connectivity index (χ1) is 8.52. The van der Waals surface area contributed by atoms with Crippen molar-refractivity contribution >= 4 is 16.9 Å². The zero-order chi connectivity index (χ0) is 13.5. The molecule has 0 heterocycles. The maximum atomic E-state index is 11.1. The fraction of sp³-hybridized carbons (Fsp3) is 0.333. The van der Waals surface area contributed by atoms with Crippen LogP contribution >= 0.6 is 11.8 Å². The molecule has 0 saturated heterocycles. The Morgan fingerprint density at radius 2 is 2.11 bits per heavy atom. The topological polar surface area (TPSA) is 69.4 Å². The summed E-state index contributed by atoms with van der Waals surface area (Å²) < 4.78 is 5.28. The van der Waals surface area contributed by atoms with Gasteiger partial charge in [-0.2, -0.15) is 0 Å². The summed E-state index contributed by atoms with van der Waals surface area (Å²) in [7, 11) is 0. The first-order valence-corrected chi connectivity index (χ1v) is 6.29. The number of nitro groups is 1. The van der Waals surface area contributed by atoms with Crippen molar-refractivity contribution in [2.45, 2.75) is 19.1 Å². The van der Waals surface area contributed by atoms with Crippen LogP contribution in [0, 0.1) is 16.7 Å². The van der Waals surface area contributed by atoms with Crippen molar-refractivity contribution in [3.63, 3.8) is 0 Å². The molecule has 0 amide bonds. The SMILES string of the molecule is CCOc1ccc(C([CH-][N+](=O)[O-])SC(C)=O)cc1. The van der Waals surface area contributed by atoms with Crippen molar-refractivity contribution in [3.05, 3.63) is 46.5 Å². The molecule has 5 nitrogen and oxygen atoms in total. The van der Waals surface area contributed by atoms with Crippen molar-refractivity contribution in [3.8, 4) is 5.75 Å². The van der Waals surface area contributed by atoms with Gasteiger partial charge in [0.15, 0.2) is 5.12 Å². The highest BCUT2D eigenvalue weighted by atomic mass is 32.2. The van der Waals surface area contributed by atoms with Gasteiger partial charge >= 0.3 is 0 Å². The van der Waals surface area contributed by atoms with Crippen molar-refractivity contribution in [2.75, 3.05) is 6.61 Å². The molecular weight excluding hydrogens is 254 g/mol. The third kappa shape index (κ3) is 4.67. The van der Waals surface area contributed by atoms with Crippen LogP contribution in [0.5, 0.6) is 5.75 Å². The molecule has 1 aromatic carbocycles. The fourth-order valence-electron chi connectivity index (χ4n) is 1.39. The quantitative estimate of drug-likeness (QED) is 0.451. The summed E-state index contributed by atoms with van der Waals surface area (Å²) in [6, 6.07) is 6.93. The van der Waals surface area contributed by atoms with Gasteiger partial charge in [0.25, 0.3) is 0 Å². The number of nitrogens with zero attached hydrogens (tertiary/aromatic N) is 1. The minimum absolute atomic E-state index is 0.160. The van der Waals surface area contributed by atoms with Gasteiger partial charge in [0.1, 0.15) is 5.75 Å². The summed E-state index contributed by atoms with van der Waals surface area (Å²) in [5.41, 5.74) is 0.704. The van der Waals surface area contributed by atoms with E-state index in [-0.39, 0.29) is 5.12 Å². The number of carbonyl (C=O) groups excluding carboxylic acids is 1. The van der Waals surface area contributed by atoms with E-state index in [0.29, 0.717) is 17.9 Å². The lowest BCUT2D eigenvalue weighted by atomic mass is 10.1. The van der Waals surface area contributed by atoms with E-state index in [1.807, 2.05) is 6.92 Å². The number of hydrogen-bond donors (Lipinski definition) is 0. The molecule has 1 unspecified atom stereocenters. The van der Waals surface area contributed by atoms with Gasteiger partial charge < -0.3 is 4.74 Å². The summed E-state index contributed by atoms with van der Waals surface area (Å²) in [6.07, 6.45) is 0. The minimum atomic E-state index is -0.576. The molecule has 0 bridgehead atoms. The molecule has 0 fully saturated rings. The van der Waals surface area contributed by atoms with Crippen LogP contribution in [0.15, 0.2) is 24.3 Å². The van der Waals surface area contributed by atoms with E-state index in [0.717, 1.165) is 18.3 Å². The molecule has 1 rings (SSSR count). The minimum Gasteiger partial charge on any atom is -0.494 e. The van der Waals surface area contributed by atoms with Crippen LogP contribution in [0.25, 0.3) is 0 Å². The highest BCUT2D eigenvalue weighted by Gasteiger charge is 2.12.